The van der Waals surface area contributed by atoms with E-state index < -0.39 is 35.4 Å². The van der Waals surface area contributed by atoms with Gasteiger partial charge in [-0.1, -0.05) is 73.1 Å². The summed E-state index contributed by atoms with van der Waals surface area (Å²) < 4.78 is 20.3. The number of phenolic OH excluding ortho intramolecular Hbond substituents is 1. The highest BCUT2D eigenvalue weighted by Gasteiger charge is 2.44. The van der Waals surface area contributed by atoms with E-state index in [2.05, 4.69) is 41.3 Å². The number of aromatic hydroxyl groups is 1. The summed E-state index contributed by atoms with van der Waals surface area (Å²) in [5.74, 6) is 1.21. The lowest BCUT2D eigenvalue weighted by Crippen LogP contribution is -2.58. The molecule has 2 aliphatic heterocycles. The van der Waals surface area contributed by atoms with Gasteiger partial charge in [0.2, 0.25) is 17.7 Å². The number of phenols is 1. The Hall–Kier alpha value is -5.40. The molecular formula is C52H59BrN6O8S2. The maximum absolute atomic E-state index is 14.0. The third-order valence-electron chi connectivity index (χ3n) is 12.4. The standard InChI is InChI=1S/C52H59BrN6O8S2/c1-33-47(68-32-55-33)35-7-5-34(6-8-35)29-54-50(63)43-27-39(61)30-59(43)51(64)49(52(2,3)4)56-45(62)31-65-25-23-57-19-21-58(22-20-57)24-26-66-40-14-16-41(17-15-40)67-46-42-18-13-38(60)28-44(42)69-48(46)36-9-11-37(53)12-10-36/h5-18,28,32,39,43,49,60-61H,19-27,29-31H2,1-4H3,(H,54,63)(H,56,62)/t39-,43+,49?/m1/s1. The van der Waals surface area contributed by atoms with Crippen LogP contribution in [0.15, 0.2) is 101 Å². The fourth-order valence-corrected chi connectivity index (χ4v) is 10.8. The largest absolute Gasteiger partial charge is 0.508 e. The number of aliphatic hydroxyl groups excluding tert-OH is 1. The minimum Gasteiger partial charge on any atom is -0.508 e. The van der Waals surface area contributed by atoms with Gasteiger partial charge < -0.3 is 40.0 Å². The van der Waals surface area contributed by atoms with E-state index in [1.165, 1.54) is 4.90 Å². The number of β-amino-alcohol motifs (C(OH)–C–C–N with tert-alkyl or cyclic N) is 1. The van der Waals surface area contributed by atoms with Gasteiger partial charge in [0.1, 0.15) is 42.5 Å². The fourth-order valence-electron chi connectivity index (χ4n) is 8.55. The number of amides is 3. The minimum atomic E-state index is -0.936. The minimum absolute atomic E-state index is 0.00179. The molecule has 6 aromatic rings. The van der Waals surface area contributed by atoms with Gasteiger partial charge in [0.25, 0.3) is 0 Å². The normalized spacial score (nSPS) is 17.2. The fraction of sp³-hybridized carbons (Fsp3) is 0.385. The van der Waals surface area contributed by atoms with Crippen molar-refractivity contribution < 1.29 is 38.8 Å². The van der Waals surface area contributed by atoms with Gasteiger partial charge in [-0.05, 0) is 83.6 Å². The molecule has 2 fully saturated rings. The molecule has 17 heteroatoms. The Bertz CT molecular complexity index is 2700. The van der Waals surface area contributed by atoms with Crippen LogP contribution in [-0.4, -0.2) is 131 Å². The SMILES string of the molecule is Cc1ncsc1-c1ccc(CNC(=O)[C@@H]2C[C@@H](O)CN2C(=O)C(NC(=O)COCCN2CCN(CCOc3ccc(Oc4c(-c5ccc(Br)cc5)sc5cc(O)ccc45)cc3)CC2)C(C)(C)C)cc1. The molecular weight excluding hydrogens is 981 g/mol. The van der Waals surface area contributed by atoms with Crippen LogP contribution in [-0.2, 0) is 25.7 Å². The average Bonchev–Trinajstić information content (AvgIpc) is 4.05. The summed E-state index contributed by atoms with van der Waals surface area (Å²) in [7, 11) is 0. The second-order valence-electron chi connectivity index (χ2n) is 18.5. The maximum Gasteiger partial charge on any atom is 0.246 e. The summed E-state index contributed by atoms with van der Waals surface area (Å²) in [5, 5.41) is 27.5. The number of nitrogens with one attached hydrogen (secondary N) is 2. The van der Waals surface area contributed by atoms with Gasteiger partial charge in [0.15, 0.2) is 5.75 Å². The Kier molecular flexibility index (Phi) is 16.4. The van der Waals surface area contributed by atoms with Crippen LogP contribution in [0.1, 0.15) is 38.4 Å². The number of halogens is 1. The molecule has 4 N–H and O–H groups in total. The number of carbonyl (C=O) groups excluding carboxylic acids is 3. The highest BCUT2D eigenvalue weighted by molar-refractivity contribution is 9.10. The number of thiophene rings is 1. The molecule has 1 unspecified atom stereocenters. The number of carbonyl (C=O) groups is 3. The quantitative estimate of drug-likeness (QED) is 0.0615. The van der Waals surface area contributed by atoms with Gasteiger partial charge in [-0.3, -0.25) is 24.2 Å². The lowest BCUT2D eigenvalue weighted by atomic mass is 9.85. The molecule has 8 rings (SSSR count). The van der Waals surface area contributed by atoms with E-state index in [9.17, 15) is 24.6 Å². The van der Waals surface area contributed by atoms with Crippen LogP contribution in [0.4, 0.5) is 0 Å². The first kappa shape index (κ1) is 50.0. The number of aromatic nitrogens is 1. The summed E-state index contributed by atoms with van der Waals surface area (Å²) in [6.07, 6.45) is -0.745. The number of aryl methyl sites for hydroxylation is 1. The number of likely N-dealkylation sites (tertiary alicyclic amines) is 1. The zero-order chi connectivity index (χ0) is 48.7. The van der Waals surface area contributed by atoms with E-state index in [4.69, 9.17) is 14.2 Å². The first-order valence-electron chi connectivity index (χ1n) is 23.2. The Morgan fingerprint density at radius 2 is 1.52 bits per heavy atom. The zero-order valence-electron chi connectivity index (χ0n) is 39.3. The molecule has 2 saturated heterocycles. The lowest BCUT2D eigenvalue weighted by Gasteiger charge is -2.35. The Morgan fingerprint density at radius 1 is 0.870 bits per heavy atom. The van der Waals surface area contributed by atoms with Crippen LogP contribution in [0.2, 0.25) is 0 Å². The summed E-state index contributed by atoms with van der Waals surface area (Å²) in [6.45, 7) is 13.4. The topological polar surface area (TPSA) is 166 Å². The van der Waals surface area contributed by atoms with Gasteiger partial charge >= 0.3 is 0 Å². The molecule has 69 heavy (non-hydrogen) atoms. The van der Waals surface area contributed by atoms with Crippen molar-refractivity contribution >= 4 is 66.4 Å². The highest BCUT2D eigenvalue weighted by Crippen LogP contribution is 2.47. The van der Waals surface area contributed by atoms with E-state index in [-0.39, 0.29) is 37.8 Å². The Morgan fingerprint density at radius 3 is 2.19 bits per heavy atom. The number of piperazine rings is 1. The number of thiazole rings is 1. The molecule has 4 aromatic carbocycles. The first-order chi connectivity index (χ1) is 33.2. The van der Waals surface area contributed by atoms with Gasteiger partial charge in [0.05, 0.1) is 33.7 Å². The van der Waals surface area contributed by atoms with Crippen LogP contribution in [0.3, 0.4) is 0 Å². The molecule has 3 amide bonds. The summed E-state index contributed by atoms with van der Waals surface area (Å²) in [4.78, 5) is 53.2. The number of rotatable bonds is 18. The number of hydrogen-bond acceptors (Lipinski definition) is 13. The van der Waals surface area contributed by atoms with Gasteiger partial charge in [-0.25, -0.2) is 4.98 Å². The number of ether oxygens (including phenoxy) is 3. The predicted octanol–water partition coefficient (Wildman–Crippen LogP) is 8.08. The first-order valence-corrected chi connectivity index (χ1v) is 25.7. The van der Waals surface area contributed by atoms with E-state index in [0.717, 1.165) is 90.9 Å². The summed E-state index contributed by atoms with van der Waals surface area (Å²) in [6, 6.07) is 27.2. The molecule has 364 valence electrons. The van der Waals surface area contributed by atoms with Crippen LogP contribution in [0.5, 0.6) is 23.0 Å². The Labute approximate surface area is 419 Å². The van der Waals surface area contributed by atoms with Crippen molar-refractivity contribution in [1.29, 1.82) is 0 Å². The van der Waals surface area contributed by atoms with E-state index in [1.54, 1.807) is 34.8 Å². The van der Waals surface area contributed by atoms with Gasteiger partial charge in [0, 0.05) is 73.3 Å². The number of hydrogen-bond donors (Lipinski definition) is 4. The number of nitrogens with zero attached hydrogens (tertiary/aromatic N) is 4. The summed E-state index contributed by atoms with van der Waals surface area (Å²) in [5.41, 5.74) is 5.10. The van der Waals surface area contributed by atoms with Crippen LogP contribution < -0.4 is 20.1 Å². The van der Waals surface area contributed by atoms with Crippen LogP contribution in [0.25, 0.3) is 31.0 Å². The molecule has 0 bridgehead atoms. The number of benzene rings is 4. The van der Waals surface area contributed by atoms with Crippen molar-refractivity contribution in [2.45, 2.75) is 58.8 Å². The third kappa shape index (κ3) is 12.9. The number of fused-ring (bicyclic) bond motifs is 1. The molecule has 0 aliphatic carbocycles. The predicted molar refractivity (Wildman–Crippen MR) is 274 cm³/mol. The second kappa shape index (κ2) is 22.6. The molecule has 0 radical (unpaired) electrons. The van der Waals surface area contributed by atoms with Gasteiger partial charge in [-0.15, -0.1) is 22.7 Å². The molecule has 2 aromatic heterocycles. The highest BCUT2D eigenvalue weighted by atomic mass is 79.9. The van der Waals surface area contributed by atoms with Crippen LogP contribution >= 0.6 is 38.6 Å². The van der Waals surface area contributed by atoms with Crippen molar-refractivity contribution in [1.82, 2.24) is 30.3 Å². The zero-order valence-corrected chi connectivity index (χ0v) is 42.5. The third-order valence-corrected chi connectivity index (χ3v) is 15.1. The monoisotopic (exact) mass is 1040 g/mol. The molecule has 0 saturated carbocycles. The van der Waals surface area contributed by atoms with Crippen molar-refractivity contribution in [2.75, 3.05) is 65.6 Å². The lowest BCUT2D eigenvalue weighted by molar-refractivity contribution is -0.144. The average molecular weight is 1040 g/mol. The Balaban J connectivity index is 0.734. The molecule has 4 heterocycles. The van der Waals surface area contributed by atoms with Crippen LogP contribution in [0, 0.1) is 12.3 Å². The van der Waals surface area contributed by atoms with Crippen molar-refractivity contribution in [2.24, 2.45) is 5.41 Å². The van der Waals surface area contributed by atoms with Gasteiger partial charge in [-0.2, -0.15) is 0 Å². The second-order valence-corrected chi connectivity index (χ2v) is 21.4. The van der Waals surface area contributed by atoms with Crippen molar-refractivity contribution in [3.63, 3.8) is 0 Å². The van der Waals surface area contributed by atoms with Crippen molar-refractivity contribution in [3.8, 4) is 43.9 Å². The van der Waals surface area contributed by atoms with E-state index >= 15 is 0 Å². The van der Waals surface area contributed by atoms with E-state index in [1.807, 2.05) is 112 Å². The summed E-state index contributed by atoms with van der Waals surface area (Å²) >= 11 is 6.68. The molecule has 2 aliphatic rings. The van der Waals surface area contributed by atoms with Crippen molar-refractivity contribution in [3.05, 3.63) is 112 Å². The smallest absolute Gasteiger partial charge is 0.246 e. The molecule has 3 atom stereocenters. The number of aliphatic hydroxyl groups is 1. The maximum atomic E-state index is 14.0. The molecule has 0 spiro atoms. The molecule has 14 nitrogen and oxygen atoms in total. The van der Waals surface area contributed by atoms with E-state index in [0.29, 0.717) is 25.5 Å².